The summed E-state index contributed by atoms with van der Waals surface area (Å²) in [6, 6.07) is 5.94. The highest BCUT2D eigenvalue weighted by Gasteiger charge is 2.36. The van der Waals surface area contributed by atoms with Crippen LogP contribution in [0.3, 0.4) is 0 Å². The van der Waals surface area contributed by atoms with Gasteiger partial charge in [-0.2, -0.15) is 0 Å². The Hall–Kier alpha value is -1.37. The number of nitrogens with two attached hydrogens (primary N) is 1. The number of halogens is 2. The van der Waals surface area contributed by atoms with Crippen molar-refractivity contribution in [2.75, 3.05) is 19.6 Å². The van der Waals surface area contributed by atoms with Crippen molar-refractivity contribution in [1.82, 2.24) is 19.5 Å². The number of amides is 1. The van der Waals surface area contributed by atoms with Crippen molar-refractivity contribution in [1.29, 1.82) is 0 Å². The number of fused-ring (bicyclic) bond motifs is 1. The minimum Gasteiger partial charge on any atom is -0.342 e. The molecule has 2 aromatic rings. The third-order valence-electron chi connectivity index (χ3n) is 6.35. The molecule has 0 radical (unpaired) electrons. The maximum atomic E-state index is 13.0. The molecule has 3 heterocycles. The third-order valence-corrected chi connectivity index (χ3v) is 6.35. The minimum absolute atomic E-state index is 0. The highest BCUT2D eigenvalue weighted by molar-refractivity contribution is 5.85. The zero-order valence-electron chi connectivity index (χ0n) is 16.3. The van der Waals surface area contributed by atoms with E-state index in [2.05, 4.69) is 14.6 Å². The highest BCUT2D eigenvalue weighted by atomic mass is 35.5. The molecule has 2 aromatic heterocycles. The summed E-state index contributed by atoms with van der Waals surface area (Å²) in [7, 11) is 0. The number of hydrogen-bond acceptors (Lipinski definition) is 4. The number of carbonyl (C=O) groups is 1. The topological polar surface area (TPSA) is 76.5 Å². The van der Waals surface area contributed by atoms with Crippen LogP contribution in [0.4, 0.5) is 0 Å². The number of likely N-dealkylation sites (tertiary alicyclic amines) is 1. The van der Waals surface area contributed by atoms with Crippen molar-refractivity contribution in [2.24, 2.45) is 11.1 Å². The molecule has 1 amide bonds. The molecule has 8 heteroatoms. The molecule has 2 N–H and O–H groups in total. The second-order valence-electron chi connectivity index (χ2n) is 8.11. The van der Waals surface area contributed by atoms with E-state index in [1.54, 1.807) is 0 Å². The molecule has 156 valence electrons. The first-order chi connectivity index (χ1) is 12.7. The van der Waals surface area contributed by atoms with E-state index in [0.717, 1.165) is 50.2 Å². The predicted molar refractivity (Wildman–Crippen MR) is 115 cm³/mol. The number of hydrogen-bond donors (Lipinski definition) is 1. The first-order valence-electron chi connectivity index (χ1n) is 9.98. The largest absolute Gasteiger partial charge is 0.342 e. The summed E-state index contributed by atoms with van der Waals surface area (Å²) < 4.78 is 2.06. The first kappa shape index (κ1) is 22.9. The molecule has 1 saturated carbocycles. The van der Waals surface area contributed by atoms with Gasteiger partial charge in [-0.25, -0.2) is 0 Å². The standard InChI is InChI=1S/C20H29N5O.2ClH/c21-15-20(9-3-1-4-10-20)13-18(26)24-11-6-7-16(14-24)19-23-22-17-8-2-5-12-25(17)19;;/h2,5,8,12,16H,1,3-4,6-7,9-11,13-15,21H2;2*1H. The summed E-state index contributed by atoms with van der Waals surface area (Å²) in [4.78, 5) is 15.1. The SMILES string of the molecule is Cl.Cl.NCC1(CC(=O)N2CCCC(c3nnc4ccccn34)C2)CCCCC1. The fraction of sp³-hybridized carbons (Fsp3) is 0.650. The smallest absolute Gasteiger partial charge is 0.223 e. The van der Waals surface area contributed by atoms with Gasteiger partial charge in [0.05, 0.1) is 0 Å². The van der Waals surface area contributed by atoms with E-state index < -0.39 is 0 Å². The molecule has 2 aliphatic rings. The first-order valence-corrected chi connectivity index (χ1v) is 9.98. The van der Waals surface area contributed by atoms with E-state index in [-0.39, 0.29) is 42.1 Å². The van der Waals surface area contributed by atoms with Gasteiger partial charge >= 0.3 is 0 Å². The monoisotopic (exact) mass is 427 g/mol. The van der Waals surface area contributed by atoms with Crippen molar-refractivity contribution in [3.63, 3.8) is 0 Å². The van der Waals surface area contributed by atoms with Crippen molar-refractivity contribution in [3.05, 3.63) is 30.2 Å². The summed E-state index contributed by atoms with van der Waals surface area (Å²) in [5.41, 5.74) is 6.99. The van der Waals surface area contributed by atoms with E-state index in [4.69, 9.17) is 5.73 Å². The van der Waals surface area contributed by atoms with Gasteiger partial charge < -0.3 is 10.6 Å². The summed E-state index contributed by atoms with van der Waals surface area (Å²) in [5, 5.41) is 8.69. The zero-order valence-corrected chi connectivity index (χ0v) is 17.9. The van der Waals surface area contributed by atoms with Gasteiger partial charge in [0, 0.05) is 31.6 Å². The number of pyridine rings is 1. The van der Waals surface area contributed by atoms with Crippen LogP contribution in [0.2, 0.25) is 0 Å². The molecular weight excluding hydrogens is 397 g/mol. The van der Waals surface area contributed by atoms with Gasteiger partial charge in [-0.05, 0) is 49.8 Å². The van der Waals surface area contributed by atoms with Gasteiger partial charge in [0.1, 0.15) is 5.82 Å². The fourth-order valence-corrected chi connectivity index (χ4v) is 4.74. The number of aromatic nitrogens is 3. The van der Waals surface area contributed by atoms with Crippen LogP contribution in [0.1, 0.15) is 63.1 Å². The van der Waals surface area contributed by atoms with Crippen LogP contribution >= 0.6 is 24.8 Å². The lowest BCUT2D eigenvalue weighted by atomic mass is 9.71. The Labute approximate surface area is 179 Å². The second-order valence-corrected chi connectivity index (χ2v) is 8.11. The Morgan fingerprint density at radius 3 is 2.68 bits per heavy atom. The van der Waals surface area contributed by atoms with Gasteiger partial charge in [0.25, 0.3) is 0 Å². The molecule has 1 saturated heterocycles. The van der Waals surface area contributed by atoms with Gasteiger partial charge in [0.2, 0.25) is 5.91 Å². The van der Waals surface area contributed by atoms with Crippen molar-refractivity contribution in [3.8, 4) is 0 Å². The van der Waals surface area contributed by atoms with E-state index in [1.165, 1.54) is 19.3 Å². The number of piperidine rings is 1. The van der Waals surface area contributed by atoms with Gasteiger partial charge in [0.15, 0.2) is 5.65 Å². The van der Waals surface area contributed by atoms with Gasteiger partial charge in [-0.15, -0.1) is 35.0 Å². The molecule has 28 heavy (non-hydrogen) atoms. The number of rotatable bonds is 4. The summed E-state index contributed by atoms with van der Waals surface area (Å²) in [5.74, 6) is 1.51. The van der Waals surface area contributed by atoms with Gasteiger partial charge in [-0.3, -0.25) is 9.20 Å². The maximum absolute atomic E-state index is 13.0. The van der Waals surface area contributed by atoms with Crippen LogP contribution < -0.4 is 5.73 Å². The number of nitrogens with zero attached hydrogens (tertiary/aromatic N) is 4. The van der Waals surface area contributed by atoms with Crippen LogP contribution in [0.25, 0.3) is 5.65 Å². The predicted octanol–water partition coefficient (Wildman–Crippen LogP) is 3.58. The van der Waals surface area contributed by atoms with Crippen LogP contribution in [0.15, 0.2) is 24.4 Å². The molecule has 0 aromatic carbocycles. The maximum Gasteiger partial charge on any atom is 0.223 e. The molecule has 0 spiro atoms. The average molecular weight is 428 g/mol. The van der Waals surface area contributed by atoms with Crippen LogP contribution in [0.5, 0.6) is 0 Å². The summed E-state index contributed by atoms with van der Waals surface area (Å²) in [6.07, 6.45) is 10.6. The lowest BCUT2D eigenvalue weighted by molar-refractivity contribution is -0.135. The number of carbonyl (C=O) groups excluding carboxylic acids is 1. The van der Waals surface area contributed by atoms with Crippen LogP contribution in [-0.2, 0) is 4.79 Å². The minimum atomic E-state index is 0. The summed E-state index contributed by atoms with van der Waals surface area (Å²) >= 11 is 0. The third kappa shape index (κ3) is 4.61. The highest BCUT2D eigenvalue weighted by Crippen LogP contribution is 2.39. The van der Waals surface area contributed by atoms with Gasteiger partial charge in [-0.1, -0.05) is 25.3 Å². The molecule has 1 aliphatic heterocycles. The molecule has 0 bridgehead atoms. The van der Waals surface area contributed by atoms with E-state index in [1.807, 2.05) is 29.3 Å². The average Bonchev–Trinajstić information content (AvgIpc) is 3.13. The Morgan fingerprint density at radius 2 is 1.93 bits per heavy atom. The quantitative estimate of drug-likeness (QED) is 0.808. The Bertz CT molecular complexity index is 775. The van der Waals surface area contributed by atoms with Crippen molar-refractivity contribution in [2.45, 2.75) is 57.3 Å². The second kappa shape index (κ2) is 9.90. The molecule has 1 atom stereocenters. The van der Waals surface area contributed by atoms with E-state index in [9.17, 15) is 4.79 Å². The van der Waals surface area contributed by atoms with Crippen LogP contribution in [0, 0.1) is 5.41 Å². The van der Waals surface area contributed by atoms with E-state index in [0.29, 0.717) is 13.0 Å². The normalized spacial score (nSPS) is 21.6. The molecule has 1 aliphatic carbocycles. The van der Waals surface area contributed by atoms with Crippen molar-refractivity contribution < 1.29 is 4.79 Å². The Balaban J connectivity index is 0.00000140. The Morgan fingerprint density at radius 1 is 1.14 bits per heavy atom. The van der Waals surface area contributed by atoms with Crippen LogP contribution in [-0.4, -0.2) is 45.0 Å². The lowest BCUT2D eigenvalue weighted by Gasteiger charge is -2.39. The van der Waals surface area contributed by atoms with E-state index >= 15 is 0 Å². The fourth-order valence-electron chi connectivity index (χ4n) is 4.74. The Kier molecular flexibility index (Phi) is 8.10. The molecular formula is C20H31Cl2N5O. The summed E-state index contributed by atoms with van der Waals surface area (Å²) in [6.45, 7) is 2.23. The molecule has 1 unspecified atom stereocenters. The molecule has 6 nitrogen and oxygen atoms in total. The zero-order chi connectivity index (χ0) is 18.0. The lowest BCUT2D eigenvalue weighted by Crippen LogP contribution is -2.44. The van der Waals surface area contributed by atoms with Crippen molar-refractivity contribution >= 4 is 36.4 Å². The molecule has 2 fully saturated rings. The molecule has 4 rings (SSSR count).